The van der Waals surface area contributed by atoms with E-state index in [1.165, 1.54) is 46.7 Å². The molecule has 11 nitrogen and oxygen atoms in total. The predicted molar refractivity (Wildman–Crippen MR) is 132 cm³/mol. The minimum atomic E-state index is -1.44. The minimum absolute atomic E-state index is 0.0544. The normalized spacial score (nSPS) is 19.8. The van der Waals surface area contributed by atoms with Crippen molar-refractivity contribution in [1.82, 2.24) is 20.4 Å². The number of fused-ring (bicyclic) bond motifs is 1. The topological polar surface area (TPSA) is 148 Å². The van der Waals surface area contributed by atoms with Crippen molar-refractivity contribution in [3.63, 3.8) is 0 Å². The lowest BCUT2D eigenvalue weighted by molar-refractivity contribution is -0.166. The van der Waals surface area contributed by atoms with E-state index in [1.54, 1.807) is 30.3 Å². The van der Waals surface area contributed by atoms with Crippen molar-refractivity contribution in [2.24, 2.45) is 0 Å². The van der Waals surface area contributed by atoms with Crippen molar-refractivity contribution in [2.45, 2.75) is 35.7 Å². The van der Waals surface area contributed by atoms with E-state index in [4.69, 9.17) is 9.47 Å². The number of aromatic nitrogens is 2. The van der Waals surface area contributed by atoms with Gasteiger partial charge in [0.25, 0.3) is 11.8 Å². The molecule has 190 valence electrons. The number of aliphatic hydroxyl groups is 1. The Bertz CT molecular complexity index is 1200. The molecule has 1 fully saturated rings. The van der Waals surface area contributed by atoms with Crippen molar-refractivity contribution in [3.05, 3.63) is 52.2 Å². The predicted octanol–water partition coefficient (Wildman–Crippen LogP) is 1.39. The number of aliphatic hydroxyl groups excluding tert-OH is 1. The summed E-state index contributed by atoms with van der Waals surface area (Å²) >= 11 is 4.18. The monoisotopic (exact) mass is 550 g/mol. The average molecular weight is 551 g/mol. The van der Waals surface area contributed by atoms with E-state index >= 15 is 0 Å². The molecule has 2 aliphatic heterocycles. The second kappa shape index (κ2) is 11.4. The lowest BCUT2D eigenvalue weighted by atomic mass is 10.0. The number of carbonyl (C=O) groups excluding carboxylic acids is 4. The molecule has 2 aliphatic rings. The second-order valence-corrected chi connectivity index (χ2v) is 11.2. The van der Waals surface area contributed by atoms with Crippen LogP contribution in [-0.4, -0.2) is 73.7 Å². The summed E-state index contributed by atoms with van der Waals surface area (Å²) < 4.78 is 10.5. The van der Waals surface area contributed by atoms with Gasteiger partial charge < -0.3 is 19.9 Å². The average Bonchev–Trinajstić information content (AvgIpc) is 3.29. The van der Waals surface area contributed by atoms with Gasteiger partial charge in [-0.05, 0) is 18.1 Å². The molecule has 1 aromatic heterocycles. The van der Waals surface area contributed by atoms with Gasteiger partial charge in [-0.1, -0.05) is 53.4 Å². The van der Waals surface area contributed by atoms with Gasteiger partial charge in [0.2, 0.25) is 6.79 Å². The van der Waals surface area contributed by atoms with Gasteiger partial charge in [0.05, 0.1) is 0 Å². The van der Waals surface area contributed by atoms with Crippen LogP contribution in [0.25, 0.3) is 0 Å². The molecule has 0 radical (unpaired) electrons. The van der Waals surface area contributed by atoms with E-state index in [-0.39, 0.29) is 5.70 Å². The number of thioether (sulfide) groups is 2. The number of ether oxygens (including phenoxy) is 2. The van der Waals surface area contributed by atoms with E-state index in [1.807, 2.05) is 6.92 Å². The van der Waals surface area contributed by atoms with E-state index < -0.39 is 48.1 Å². The number of rotatable bonds is 9. The van der Waals surface area contributed by atoms with Crippen molar-refractivity contribution in [2.75, 3.05) is 18.3 Å². The first-order valence-corrected chi connectivity index (χ1v) is 13.5. The Balaban J connectivity index is 1.49. The van der Waals surface area contributed by atoms with Crippen LogP contribution in [0.3, 0.4) is 0 Å². The fourth-order valence-electron chi connectivity index (χ4n) is 3.52. The summed E-state index contributed by atoms with van der Waals surface area (Å²) in [6.45, 7) is 2.43. The molecule has 2 amide bonds. The third-order valence-corrected chi connectivity index (χ3v) is 8.63. The third-order valence-electron chi connectivity index (χ3n) is 5.23. The molecule has 1 saturated heterocycles. The van der Waals surface area contributed by atoms with Crippen LogP contribution in [0.4, 0.5) is 0 Å². The van der Waals surface area contributed by atoms with Crippen LogP contribution in [0.2, 0.25) is 0 Å². The van der Waals surface area contributed by atoms with Crippen molar-refractivity contribution >= 4 is 58.6 Å². The second-order valence-electron chi connectivity index (χ2n) is 7.72. The highest BCUT2D eigenvalue weighted by Crippen LogP contribution is 2.42. The van der Waals surface area contributed by atoms with Gasteiger partial charge in [0, 0.05) is 18.4 Å². The van der Waals surface area contributed by atoms with Gasteiger partial charge in [0.15, 0.2) is 10.4 Å². The summed E-state index contributed by atoms with van der Waals surface area (Å²) in [4.78, 5) is 50.9. The van der Waals surface area contributed by atoms with E-state index in [2.05, 4.69) is 15.5 Å². The largest absolute Gasteiger partial charge is 0.428 e. The Morgan fingerprint density at radius 1 is 1.25 bits per heavy atom. The molecule has 2 unspecified atom stereocenters. The number of carbonyl (C=O) groups is 4. The number of nitrogens with one attached hydrogen (secondary N) is 1. The first-order chi connectivity index (χ1) is 17.3. The van der Waals surface area contributed by atoms with Crippen LogP contribution in [0.5, 0.6) is 0 Å². The summed E-state index contributed by atoms with van der Waals surface area (Å²) in [5.41, 5.74) is 1.10. The Hall–Kier alpha value is -2.94. The Kier molecular flexibility index (Phi) is 8.28. The van der Waals surface area contributed by atoms with Crippen molar-refractivity contribution in [3.8, 4) is 0 Å². The fourth-order valence-corrected chi connectivity index (χ4v) is 6.82. The number of aryl methyl sites for hydroxylation is 1. The molecule has 2 aromatic rings. The molecule has 0 aliphatic carbocycles. The fraction of sp³-hybridized carbons (Fsp3) is 0.364. The number of benzene rings is 1. The summed E-state index contributed by atoms with van der Waals surface area (Å²) in [5.74, 6) is -1.89. The van der Waals surface area contributed by atoms with Crippen LogP contribution in [0.15, 0.2) is 45.9 Å². The number of nitrogens with zero attached hydrogens (tertiary/aromatic N) is 3. The first kappa shape index (κ1) is 26.1. The van der Waals surface area contributed by atoms with Gasteiger partial charge in [-0.2, -0.15) is 0 Å². The molecule has 1 aromatic carbocycles. The molecule has 2 N–H and O–H groups in total. The zero-order valence-electron chi connectivity index (χ0n) is 19.2. The lowest BCUT2D eigenvalue weighted by Gasteiger charge is -2.49. The Morgan fingerprint density at radius 3 is 2.67 bits per heavy atom. The summed E-state index contributed by atoms with van der Waals surface area (Å²) in [7, 11) is 0. The zero-order chi connectivity index (χ0) is 25.8. The standard InChI is InChI=1S/C22H22N4O7S3/c1-11-24-25-22(36-11)35-9-14-8-34-20-15(23-18(29)17(28)13-6-4-3-5-7-13)19(30)26(20)16(14)21(31)33-10-32-12(2)27/h3-7,15,17,20,28H,8-10H2,1-2H3,(H,23,29)/t15?,17?,20-/m0/s1. The Morgan fingerprint density at radius 2 is 2.00 bits per heavy atom. The quantitative estimate of drug-likeness (QED) is 0.202. The molecule has 4 rings (SSSR count). The molecular weight excluding hydrogens is 528 g/mol. The number of hydrogen-bond acceptors (Lipinski definition) is 12. The van der Waals surface area contributed by atoms with Gasteiger partial charge >= 0.3 is 11.9 Å². The zero-order valence-corrected chi connectivity index (χ0v) is 21.7. The smallest absolute Gasteiger partial charge is 0.357 e. The molecule has 3 heterocycles. The SMILES string of the molecule is CC(=O)OCOC(=O)C1=C(CSc2nnc(C)s2)CS[C@H]2C(NC(=O)C(O)c3ccccc3)C(=O)N12. The van der Waals surface area contributed by atoms with Crippen LogP contribution in [-0.2, 0) is 28.7 Å². The van der Waals surface area contributed by atoms with Gasteiger partial charge in [0.1, 0.15) is 22.1 Å². The maximum Gasteiger partial charge on any atom is 0.357 e. The minimum Gasteiger partial charge on any atom is -0.428 e. The Labute approximate surface area is 218 Å². The van der Waals surface area contributed by atoms with Crippen LogP contribution < -0.4 is 5.32 Å². The van der Waals surface area contributed by atoms with E-state index in [0.29, 0.717) is 22.6 Å². The maximum absolute atomic E-state index is 13.1. The molecule has 3 atom stereocenters. The molecular formula is C22H22N4O7S3. The van der Waals surface area contributed by atoms with Gasteiger partial charge in [-0.25, -0.2) is 4.79 Å². The molecule has 0 bridgehead atoms. The number of β-lactam (4-membered cyclic amide) rings is 1. The highest BCUT2D eigenvalue weighted by atomic mass is 32.2. The number of amides is 2. The van der Waals surface area contributed by atoms with E-state index in [9.17, 15) is 24.3 Å². The first-order valence-electron chi connectivity index (χ1n) is 10.7. The van der Waals surface area contributed by atoms with Crippen LogP contribution in [0, 0.1) is 6.92 Å². The summed E-state index contributed by atoms with van der Waals surface area (Å²) in [6, 6.07) is 7.45. The molecule has 0 saturated carbocycles. The van der Waals surface area contributed by atoms with Crippen LogP contribution >= 0.6 is 34.9 Å². The number of hydrogen-bond donors (Lipinski definition) is 2. The van der Waals surface area contributed by atoms with Crippen molar-refractivity contribution in [1.29, 1.82) is 0 Å². The van der Waals surface area contributed by atoms with Gasteiger partial charge in [-0.15, -0.1) is 22.0 Å². The van der Waals surface area contributed by atoms with Crippen molar-refractivity contribution < 1.29 is 33.8 Å². The summed E-state index contributed by atoms with van der Waals surface area (Å²) in [5, 5.41) is 21.2. The maximum atomic E-state index is 13.1. The molecule has 36 heavy (non-hydrogen) atoms. The molecule has 14 heteroatoms. The number of esters is 2. The summed E-state index contributed by atoms with van der Waals surface area (Å²) in [6.07, 6.45) is -1.44. The van der Waals surface area contributed by atoms with Crippen LogP contribution in [0.1, 0.15) is 23.6 Å². The van der Waals surface area contributed by atoms with Gasteiger partial charge in [-0.3, -0.25) is 19.3 Å². The lowest BCUT2D eigenvalue weighted by Crippen LogP contribution is -2.71. The molecule has 0 spiro atoms. The van der Waals surface area contributed by atoms with E-state index in [0.717, 1.165) is 9.35 Å². The third kappa shape index (κ3) is 5.72. The highest BCUT2D eigenvalue weighted by Gasteiger charge is 2.54. The highest BCUT2D eigenvalue weighted by molar-refractivity contribution is 8.01.